The molecule has 0 saturated carbocycles. The quantitative estimate of drug-likeness (QED) is 0.841. The van der Waals surface area contributed by atoms with E-state index in [0.717, 1.165) is 5.56 Å². The minimum Gasteiger partial charge on any atom is -0.481 e. The van der Waals surface area contributed by atoms with E-state index in [1.54, 1.807) is 36.4 Å². The Morgan fingerprint density at radius 1 is 1.29 bits per heavy atom. The first-order chi connectivity index (χ1) is 9.83. The molecule has 0 saturated heterocycles. The van der Waals surface area contributed by atoms with Gasteiger partial charge in [0.25, 0.3) is 0 Å². The van der Waals surface area contributed by atoms with Gasteiger partial charge >= 0.3 is 5.97 Å². The van der Waals surface area contributed by atoms with Crippen LogP contribution in [-0.4, -0.2) is 32.3 Å². The highest BCUT2D eigenvalue weighted by molar-refractivity contribution is 7.92. The van der Waals surface area contributed by atoms with Crippen molar-refractivity contribution in [1.82, 2.24) is 0 Å². The molecule has 0 aromatic heterocycles. The lowest BCUT2D eigenvalue weighted by Gasteiger charge is -2.26. The first-order valence-corrected chi connectivity index (χ1v) is 8.37. The summed E-state index contributed by atoms with van der Waals surface area (Å²) in [7, 11) is -3.37. The maximum atomic E-state index is 12.0. The maximum Gasteiger partial charge on any atom is 0.314 e. The smallest absolute Gasteiger partial charge is 0.314 e. The lowest BCUT2D eigenvalue weighted by molar-refractivity contribution is -0.138. The summed E-state index contributed by atoms with van der Waals surface area (Å²) in [6.07, 6.45) is 8.01. The van der Waals surface area contributed by atoms with Crippen LogP contribution >= 0.6 is 0 Å². The Morgan fingerprint density at radius 3 is 2.48 bits per heavy atom. The zero-order valence-corrected chi connectivity index (χ0v) is 12.2. The Labute approximate surface area is 123 Å². The zero-order valence-electron chi connectivity index (χ0n) is 11.4. The summed E-state index contributed by atoms with van der Waals surface area (Å²) in [5.41, 5.74) is 0.959. The van der Waals surface area contributed by atoms with Gasteiger partial charge in [0, 0.05) is 0 Å². The molecule has 6 heteroatoms. The van der Waals surface area contributed by atoms with E-state index in [1.807, 2.05) is 12.1 Å². The van der Waals surface area contributed by atoms with Crippen LogP contribution in [0.1, 0.15) is 5.56 Å². The summed E-state index contributed by atoms with van der Waals surface area (Å²) < 4.78 is 25.3. The van der Waals surface area contributed by atoms with Crippen LogP contribution in [0.15, 0.2) is 48.6 Å². The minimum absolute atomic E-state index is 0.268. The highest BCUT2D eigenvalue weighted by atomic mass is 32.2. The average Bonchev–Trinajstić information content (AvgIpc) is 2.75. The van der Waals surface area contributed by atoms with Gasteiger partial charge in [0.2, 0.25) is 10.0 Å². The standard InChI is InChI=1S/C15H15NO4S/c1-21(19,20)16-10-15(12-4-2-3-5-13(12)16)8-6-11(7-9-15)14(17)18/h2-9,11H,10H2,1H3,(H,17,18). The first kappa shape index (κ1) is 13.9. The zero-order chi connectivity index (χ0) is 15.3. The van der Waals surface area contributed by atoms with Crippen LogP contribution < -0.4 is 4.31 Å². The van der Waals surface area contributed by atoms with E-state index in [4.69, 9.17) is 5.11 Å². The minimum atomic E-state index is -3.37. The number of sulfonamides is 1. The van der Waals surface area contributed by atoms with Crippen LogP contribution in [0, 0.1) is 5.92 Å². The molecule has 0 fully saturated rings. The number of aliphatic carboxylic acids is 1. The molecule has 1 aromatic rings. The SMILES string of the molecule is CS(=O)(=O)N1CC2(C=CC(C(=O)O)C=C2)c2ccccc21. The van der Waals surface area contributed by atoms with Gasteiger partial charge in [-0.05, 0) is 11.6 Å². The second-order valence-electron chi connectivity index (χ2n) is 5.41. The van der Waals surface area contributed by atoms with E-state index in [9.17, 15) is 13.2 Å². The molecule has 1 N–H and O–H groups in total. The number of benzene rings is 1. The van der Waals surface area contributed by atoms with Crippen molar-refractivity contribution in [2.45, 2.75) is 5.41 Å². The van der Waals surface area contributed by atoms with Crippen molar-refractivity contribution in [3.8, 4) is 0 Å². The lowest BCUT2D eigenvalue weighted by Crippen LogP contribution is -2.35. The molecular weight excluding hydrogens is 290 g/mol. The fourth-order valence-corrected chi connectivity index (χ4v) is 3.87. The Morgan fingerprint density at radius 2 is 1.90 bits per heavy atom. The van der Waals surface area contributed by atoms with Crippen molar-refractivity contribution in [3.63, 3.8) is 0 Å². The first-order valence-electron chi connectivity index (χ1n) is 6.52. The molecule has 1 aliphatic carbocycles. The van der Waals surface area contributed by atoms with Crippen LogP contribution in [0.25, 0.3) is 0 Å². The molecule has 0 unspecified atom stereocenters. The van der Waals surface area contributed by atoms with Gasteiger partial charge in [-0.2, -0.15) is 0 Å². The van der Waals surface area contributed by atoms with Crippen molar-refractivity contribution in [2.75, 3.05) is 17.1 Å². The van der Waals surface area contributed by atoms with Gasteiger partial charge in [-0.25, -0.2) is 8.42 Å². The van der Waals surface area contributed by atoms with E-state index < -0.39 is 27.3 Å². The van der Waals surface area contributed by atoms with Crippen molar-refractivity contribution < 1.29 is 18.3 Å². The average molecular weight is 305 g/mol. The molecule has 1 spiro atoms. The summed E-state index contributed by atoms with van der Waals surface area (Å²) in [5.74, 6) is -1.57. The van der Waals surface area contributed by atoms with E-state index >= 15 is 0 Å². The Hall–Kier alpha value is -2.08. The Bertz CT molecular complexity index is 750. The van der Waals surface area contributed by atoms with Gasteiger partial charge in [0.05, 0.1) is 29.8 Å². The fraction of sp³-hybridized carbons (Fsp3) is 0.267. The Kier molecular flexibility index (Phi) is 2.95. The third kappa shape index (κ3) is 2.15. The molecule has 1 heterocycles. The van der Waals surface area contributed by atoms with Crippen molar-refractivity contribution >= 4 is 21.7 Å². The number of carboxylic acids is 1. The fourth-order valence-electron chi connectivity index (χ4n) is 2.91. The van der Waals surface area contributed by atoms with Crippen LogP contribution in [0.5, 0.6) is 0 Å². The monoisotopic (exact) mass is 305 g/mol. The van der Waals surface area contributed by atoms with Crippen molar-refractivity contribution in [2.24, 2.45) is 5.92 Å². The predicted molar refractivity (Wildman–Crippen MR) is 79.7 cm³/mol. The molecule has 0 radical (unpaired) electrons. The largest absolute Gasteiger partial charge is 0.481 e. The summed E-state index contributed by atoms with van der Waals surface area (Å²) in [6.45, 7) is 0.268. The van der Waals surface area contributed by atoms with Gasteiger partial charge < -0.3 is 5.11 Å². The van der Waals surface area contributed by atoms with E-state index in [0.29, 0.717) is 5.69 Å². The van der Waals surface area contributed by atoms with E-state index in [2.05, 4.69) is 0 Å². The summed E-state index contributed by atoms with van der Waals surface area (Å²) in [5, 5.41) is 9.04. The molecule has 5 nitrogen and oxygen atoms in total. The molecule has 1 aliphatic heterocycles. The third-order valence-corrected chi connectivity index (χ3v) is 5.09. The van der Waals surface area contributed by atoms with Crippen LogP contribution in [0.2, 0.25) is 0 Å². The highest BCUT2D eigenvalue weighted by Gasteiger charge is 2.43. The summed E-state index contributed by atoms with van der Waals surface area (Å²) in [6, 6.07) is 7.32. The molecular formula is C15H15NO4S. The molecule has 0 amide bonds. The molecule has 110 valence electrons. The van der Waals surface area contributed by atoms with Gasteiger partial charge in [-0.15, -0.1) is 0 Å². The highest BCUT2D eigenvalue weighted by Crippen LogP contribution is 2.45. The van der Waals surface area contributed by atoms with Crippen LogP contribution in [0.4, 0.5) is 5.69 Å². The topological polar surface area (TPSA) is 74.7 Å². The number of fused-ring (bicyclic) bond motifs is 2. The number of nitrogens with zero attached hydrogens (tertiary/aromatic N) is 1. The maximum absolute atomic E-state index is 12.0. The molecule has 0 bridgehead atoms. The van der Waals surface area contributed by atoms with Crippen molar-refractivity contribution in [1.29, 1.82) is 0 Å². The Balaban J connectivity index is 2.10. The normalized spacial score (nSPS) is 27.1. The van der Waals surface area contributed by atoms with Gasteiger partial charge in [0.15, 0.2) is 0 Å². The van der Waals surface area contributed by atoms with Crippen LogP contribution in [-0.2, 0) is 20.2 Å². The number of para-hydroxylation sites is 1. The van der Waals surface area contributed by atoms with E-state index in [-0.39, 0.29) is 6.54 Å². The molecule has 0 atom stereocenters. The number of hydrogen-bond acceptors (Lipinski definition) is 3. The number of carbonyl (C=O) groups is 1. The molecule has 2 aliphatic rings. The van der Waals surface area contributed by atoms with Crippen LogP contribution in [0.3, 0.4) is 0 Å². The second kappa shape index (κ2) is 4.46. The molecule has 3 rings (SSSR count). The lowest BCUT2D eigenvalue weighted by atomic mass is 9.77. The van der Waals surface area contributed by atoms with E-state index in [1.165, 1.54) is 10.6 Å². The second-order valence-corrected chi connectivity index (χ2v) is 7.32. The summed E-state index contributed by atoms with van der Waals surface area (Å²) >= 11 is 0. The number of hydrogen-bond donors (Lipinski definition) is 1. The molecule has 21 heavy (non-hydrogen) atoms. The molecule has 1 aromatic carbocycles. The predicted octanol–water partition coefficient (Wildman–Crippen LogP) is 1.53. The number of anilines is 1. The third-order valence-electron chi connectivity index (χ3n) is 3.97. The number of rotatable bonds is 2. The van der Waals surface area contributed by atoms with Gasteiger partial charge in [-0.1, -0.05) is 42.5 Å². The van der Waals surface area contributed by atoms with Gasteiger partial charge in [0.1, 0.15) is 0 Å². The van der Waals surface area contributed by atoms with Crippen molar-refractivity contribution in [3.05, 3.63) is 54.1 Å². The summed E-state index contributed by atoms with van der Waals surface area (Å²) in [4.78, 5) is 11.0. The number of carboxylic acid groups (broad SMARTS) is 1. The van der Waals surface area contributed by atoms with Gasteiger partial charge in [-0.3, -0.25) is 9.10 Å².